The molecular formula is C78H134O2S2. The number of benzene rings is 1. The van der Waals surface area contributed by atoms with Crippen molar-refractivity contribution in [3.05, 3.63) is 45.1 Å². The third-order valence-corrected chi connectivity index (χ3v) is 22.3. The van der Waals surface area contributed by atoms with Gasteiger partial charge in [-0.25, -0.2) is 0 Å². The van der Waals surface area contributed by atoms with Crippen molar-refractivity contribution in [2.45, 2.75) is 398 Å². The molecule has 0 unspecified atom stereocenters. The van der Waals surface area contributed by atoms with Gasteiger partial charge in [0.2, 0.25) is 0 Å². The normalized spacial score (nSPS) is 13.7. The van der Waals surface area contributed by atoms with Crippen molar-refractivity contribution < 1.29 is 9.47 Å². The molecule has 3 aromatic rings. The van der Waals surface area contributed by atoms with Crippen LogP contribution in [0.3, 0.4) is 0 Å². The van der Waals surface area contributed by atoms with E-state index in [-0.39, 0.29) is 10.8 Å². The van der Waals surface area contributed by atoms with Crippen molar-refractivity contribution in [3.63, 3.8) is 0 Å². The van der Waals surface area contributed by atoms with Crippen LogP contribution in [0.25, 0.3) is 20.9 Å². The van der Waals surface area contributed by atoms with E-state index in [9.17, 15) is 0 Å². The molecule has 1 aromatic carbocycles. The highest BCUT2D eigenvalue weighted by Gasteiger charge is 2.54. The summed E-state index contributed by atoms with van der Waals surface area (Å²) in [5.41, 5.74) is 9.03. The maximum Gasteiger partial charge on any atom is 0.132 e. The van der Waals surface area contributed by atoms with Gasteiger partial charge in [-0.2, -0.15) is 0 Å². The molecule has 0 fully saturated rings. The van der Waals surface area contributed by atoms with Gasteiger partial charge in [-0.05, 0) is 59.7 Å². The molecule has 0 saturated carbocycles. The fourth-order valence-electron chi connectivity index (χ4n) is 15.6. The number of unbranched alkanes of at least 4 members (excludes halogenated alkanes) is 48. The Morgan fingerprint density at radius 2 is 0.451 bits per heavy atom. The largest absolute Gasteiger partial charge is 0.496 e. The molecule has 2 nitrogen and oxygen atoms in total. The van der Waals surface area contributed by atoms with E-state index in [4.69, 9.17) is 9.47 Å². The van der Waals surface area contributed by atoms with E-state index in [1.54, 1.807) is 11.1 Å². The zero-order valence-electron chi connectivity index (χ0n) is 55.5. The van der Waals surface area contributed by atoms with Crippen LogP contribution in [0.4, 0.5) is 0 Å². The molecule has 0 atom stereocenters. The molecule has 0 radical (unpaired) electrons. The summed E-state index contributed by atoms with van der Waals surface area (Å²) in [6, 6.07) is 5.14. The molecule has 0 aliphatic heterocycles. The number of rotatable bonds is 58. The molecule has 0 N–H and O–H groups in total. The van der Waals surface area contributed by atoms with Crippen molar-refractivity contribution in [2.24, 2.45) is 0 Å². The topological polar surface area (TPSA) is 18.5 Å². The summed E-state index contributed by atoms with van der Waals surface area (Å²) in [6.45, 7) is 9.32. The van der Waals surface area contributed by atoms with Crippen LogP contribution in [0.15, 0.2) is 22.9 Å². The number of fused-ring (bicyclic) bond motifs is 6. The number of hydrogen-bond donors (Lipinski definition) is 0. The summed E-state index contributed by atoms with van der Waals surface area (Å²) in [5, 5.41) is 4.89. The van der Waals surface area contributed by atoms with Gasteiger partial charge in [0.05, 0.1) is 14.2 Å². The predicted molar refractivity (Wildman–Crippen MR) is 369 cm³/mol. The van der Waals surface area contributed by atoms with Gasteiger partial charge in [0.15, 0.2) is 0 Å². The molecule has 470 valence electrons. The van der Waals surface area contributed by atoms with Crippen molar-refractivity contribution in [3.8, 4) is 32.4 Å². The molecule has 0 saturated heterocycles. The van der Waals surface area contributed by atoms with Crippen LogP contribution < -0.4 is 9.47 Å². The zero-order valence-corrected chi connectivity index (χ0v) is 57.2. The van der Waals surface area contributed by atoms with E-state index in [0.717, 1.165) is 0 Å². The van der Waals surface area contributed by atoms with Gasteiger partial charge in [0, 0.05) is 42.8 Å². The average Bonchev–Trinajstić information content (AvgIpc) is 2.42. The van der Waals surface area contributed by atoms with Crippen molar-refractivity contribution in [2.75, 3.05) is 14.2 Å². The minimum atomic E-state index is -0.0410. The highest BCUT2D eigenvalue weighted by Crippen LogP contribution is 2.70. The summed E-state index contributed by atoms with van der Waals surface area (Å²) in [4.78, 5) is 3.01. The average molecular weight is 1170 g/mol. The fraction of sp³-hybridized carbons (Fsp3) is 0.821. The Labute approximate surface area is 518 Å². The molecule has 2 heterocycles. The molecule has 82 heavy (non-hydrogen) atoms. The van der Waals surface area contributed by atoms with Gasteiger partial charge in [-0.15, -0.1) is 22.7 Å². The van der Waals surface area contributed by atoms with Crippen LogP contribution in [0.2, 0.25) is 0 Å². The third kappa shape index (κ3) is 23.1. The number of thiophene rings is 2. The lowest BCUT2D eigenvalue weighted by Crippen LogP contribution is -2.28. The molecule has 0 bridgehead atoms. The molecule has 0 spiro atoms. The third-order valence-electron chi connectivity index (χ3n) is 20.4. The monoisotopic (exact) mass is 1170 g/mol. The Morgan fingerprint density at radius 3 is 0.634 bits per heavy atom. The Bertz CT molecular complexity index is 1800. The lowest BCUT2D eigenvalue weighted by atomic mass is 9.68. The molecule has 2 aliphatic carbocycles. The van der Waals surface area contributed by atoms with E-state index >= 15 is 0 Å². The maximum atomic E-state index is 7.11. The van der Waals surface area contributed by atoms with Gasteiger partial charge in [0.25, 0.3) is 0 Å². The SMILES string of the molecule is CCCCCCCCCCCCCCCC1(CCCCCCCCCCCCCCC)c2ccsc2-c2c(OC)c3c(c(OC)c21)-c1sccc1C3(CCCCCCCCCCCCCCC)CCCCCCCCCCCCCCC. The first-order valence-electron chi connectivity index (χ1n) is 37.1. The minimum Gasteiger partial charge on any atom is -0.496 e. The second-order valence-electron chi connectivity index (χ2n) is 27.0. The van der Waals surface area contributed by atoms with Gasteiger partial charge in [-0.3, -0.25) is 0 Å². The molecule has 2 aromatic heterocycles. The summed E-state index contributed by atoms with van der Waals surface area (Å²) >= 11 is 4.01. The van der Waals surface area contributed by atoms with Crippen molar-refractivity contribution in [1.82, 2.24) is 0 Å². The van der Waals surface area contributed by atoms with E-state index in [2.05, 4.69) is 50.6 Å². The standard InChI is InChI=1S/C78H134O2S2/c1-7-11-15-19-23-27-31-35-39-43-47-51-55-61-77(62-56-52-48-44-40-36-32-28-24-20-16-12-8-2)67-59-65-81-75(67)69-71(77)73(79-5)70-72(74(69)80-6)78(68-60-66-82-76(68)70,63-57-53-49-45-41-37-33-29-25-21-17-13-9-3)64-58-54-50-46-42-38-34-30-26-22-18-14-10-4/h59-60,65-66H,7-58,61-64H2,1-6H3. The highest BCUT2D eigenvalue weighted by atomic mass is 32.1. The van der Waals surface area contributed by atoms with Crippen LogP contribution in [0.5, 0.6) is 11.5 Å². The van der Waals surface area contributed by atoms with Gasteiger partial charge in [0.1, 0.15) is 11.5 Å². The summed E-state index contributed by atoms with van der Waals surface area (Å²) in [5.74, 6) is 2.44. The first-order valence-corrected chi connectivity index (χ1v) is 38.9. The minimum absolute atomic E-state index is 0.0410. The van der Waals surface area contributed by atoms with Gasteiger partial charge in [-0.1, -0.05) is 362 Å². The Hall–Kier alpha value is -1.78. The molecule has 4 heteroatoms. The number of hydrogen-bond acceptors (Lipinski definition) is 4. The maximum absolute atomic E-state index is 7.11. The molecule has 2 aliphatic rings. The van der Waals surface area contributed by atoms with Crippen LogP contribution in [-0.2, 0) is 10.8 Å². The highest BCUT2D eigenvalue weighted by molar-refractivity contribution is 7.14. The molecular weight excluding hydrogens is 1030 g/mol. The van der Waals surface area contributed by atoms with E-state index in [1.165, 1.54) is 403 Å². The second kappa shape index (κ2) is 44.6. The summed E-state index contributed by atoms with van der Waals surface area (Å²) < 4.78 is 14.2. The quantitative estimate of drug-likeness (QED) is 0.0525. The lowest BCUT2D eigenvalue weighted by Gasteiger charge is -2.36. The zero-order chi connectivity index (χ0) is 58.0. The molecule has 0 amide bonds. The van der Waals surface area contributed by atoms with Gasteiger partial charge >= 0.3 is 0 Å². The first kappa shape index (κ1) is 71.0. The smallest absolute Gasteiger partial charge is 0.132 e. The first-order chi connectivity index (χ1) is 40.6. The predicted octanol–water partition coefficient (Wildman–Crippen LogP) is 28.3. The van der Waals surface area contributed by atoms with Crippen LogP contribution in [0, 0.1) is 0 Å². The number of methoxy groups -OCH3 is 2. The van der Waals surface area contributed by atoms with Gasteiger partial charge < -0.3 is 9.47 Å². The van der Waals surface area contributed by atoms with Crippen LogP contribution in [-0.4, -0.2) is 14.2 Å². The summed E-state index contributed by atoms with van der Waals surface area (Å²) in [6.07, 6.45) is 77.7. The lowest BCUT2D eigenvalue weighted by molar-refractivity contribution is 0.349. The van der Waals surface area contributed by atoms with Crippen molar-refractivity contribution >= 4 is 22.7 Å². The second-order valence-corrected chi connectivity index (χ2v) is 28.9. The summed E-state index contributed by atoms with van der Waals surface area (Å²) in [7, 11) is 4.09. The van der Waals surface area contributed by atoms with Crippen LogP contribution >= 0.6 is 22.7 Å². The van der Waals surface area contributed by atoms with Crippen molar-refractivity contribution in [1.29, 1.82) is 0 Å². The van der Waals surface area contributed by atoms with E-state index in [1.807, 2.05) is 36.9 Å². The van der Waals surface area contributed by atoms with E-state index < -0.39 is 0 Å². The molecule has 5 rings (SSSR count). The van der Waals surface area contributed by atoms with Crippen LogP contribution in [0.1, 0.15) is 410 Å². The fourth-order valence-corrected chi connectivity index (χ4v) is 17.6. The number of ether oxygens (including phenoxy) is 2. The van der Waals surface area contributed by atoms with E-state index in [0.29, 0.717) is 0 Å². The Balaban J connectivity index is 1.36. The Kier molecular flexibility index (Phi) is 38.6. The Morgan fingerprint density at radius 1 is 0.268 bits per heavy atom.